The summed E-state index contributed by atoms with van der Waals surface area (Å²) >= 11 is 0. The Morgan fingerprint density at radius 1 is 0.758 bits per heavy atom. The molecule has 5 aliphatic carbocycles. The van der Waals surface area contributed by atoms with Crippen LogP contribution in [0.3, 0.4) is 0 Å². The van der Waals surface area contributed by atoms with Crippen molar-refractivity contribution in [2.45, 2.75) is 113 Å². The molecule has 0 amide bonds. The molecule has 0 saturated heterocycles. The van der Waals surface area contributed by atoms with Gasteiger partial charge in [-0.3, -0.25) is 9.59 Å². The molecule has 0 aromatic rings. The van der Waals surface area contributed by atoms with Crippen molar-refractivity contribution in [1.29, 1.82) is 0 Å². The summed E-state index contributed by atoms with van der Waals surface area (Å²) in [6, 6.07) is 0. The standard InChI is InChI=1S/C30H46O3/c1-19-20(32)16-21(33)24-27(5)13-15-29(7)23-17-25(2,3)10-11-26(23,4)12-14-28(29,6)22(27)8-9-30(19,24)18-31/h18-19,22-24H,8-17H2,1-7H3/t19-,22-,23+,24+,26+,27+,28+,29-,30-/m0/s1. The van der Waals surface area contributed by atoms with E-state index in [1.165, 1.54) is 32.1 Å². The number of Topliss-reactive ketones (excluding diaryl/α,β-unsaturated/α-hetero) is 2. The summed E-state index contributed by atoms with van der Waals surface area (Å²) in [4.78, 5) is 38.9. The Labute approximate surface area is 201 Å². The second-order valence-corrected chi connectivity index (χ2v) is 15.0. The molecule has 5 saturated carbocycles. The lowest BCUT2D eigenvalue weighted by atomic mass is 9.30. The molecule has 0 spiro atoms. The molecule has 0 heterocycles. The zero-order valence-corrected chi connectivity index (χ0v) is 22.2. The van der Waals surface area contributed by atoms with Crippen LogP contribution in [0.25, 0.3) is 0 Å². The maximum Gasteiger partial charge on any atom is 0.144 e. The Hall–Kier alpha value is -0.990. The molecule has 0 aromatic carbocycles. The molecule has 5 aliphatic rings. The predicted octanol–water partition coefficient (Wildman–Crippen LogP) is 6.82. The highest BCUT2D eigenvalue weighted by molar-refractivity contribution is 6.07. The number of hydrogen-bond donors (Lipinski definition) is 0. The Bertz CT molecular complexity index is 904. The normalized spacial score (nSPS) is 55.6. The molecular formula is C30H46O3. The van der Waals surface area contributed by atoms with Crippen LogP contribution in [-0.4, -0.2) is 17.9 Å². The number of hydrogen-bond acceptors (Lipinski definition) is 3. The minimum absolute atomic E-state index is 0.0184. The lowest BCUT2D eigenvalue weighted by molar-refractivity contribution is -0.250. The van der Waals surface area contributed by atoms with E-state index in [4.69, 9.17) is 0 Å². The van der Waals surface area contributed by atoms with Gasteiger partial charge in [-0.2, -0.15) is 0 Å². The van der Waals surface area contributed by atoms with Crippen molar-refractivity contribution in [3.63, 3.8) is 0 Å². The van der Waals surface area contributed by atoms with Gasteiger partial charge in [0.05, 0.1) is 6.42 Å². The van der Waals surface area contributed by atoms with Gasteiger partial charge in [-0.15, -0.1) is 0 Å². The maximum atomic E-state index is 13.5. The maximum absolute atomic E-state index is 13.5. The fourth-order valence-corrected chi connectivity index (χ4v) is 10.9. The van der Waals surface area contributed by atoms with Crippen LogP contribution in [0, 0.1) is 56.2 Å². The number of aldehydes is 1. The summed E-state index contributed by atoms with van der Waals surface area (Å²) in [6.45, 7) is 16.9. The van der Waals surface area contributed by atoms with Crippen LogP contribution >= 0.6 is 0 Å². The molecule has 0 bridgehead atoms. The summed E-state index contributed by atoms with van der Waals surface area (Å²) < 4.78 is 0. The molecule has 9 atom stereocenters. The third-order valence-corrected chi connectivity index (χ3v) is 13.3. The average molecular weight is 455 g/mol. The zero-order chi connectivity index (χ0) is 24.2. The fraction of sp³-hybridized carbons (Fsp3) is 0.900. The third kappa shape index (κ3) is 2.77. The highest BCUT2D eigenvalue weighted by atomic mass is 16.2. The van der Waals surface area contributed by atoms with Gasteiger partial charge < -0.3 is 4.79 Å². The first-order valence-electron chi connectivity index (χ1n) is 13.7. The molecule has 0 aliphatic heterocycles. The van der Waals surface area contributed by atoms with Crippen LogP contribution in [-0.2, 0) is 14.4 Å². The molecule has 0 radical (unpaired) electrons. The van der Waals surface area contributed by atoms with Gasteiger partial charge in [-0.05, 0) is 96.7 Å². The highest BCUT2D eigenvalue weighted by Gasteiger charge is 2.72. The summed E-state index contributed by atoms with van der Waals surface area (Å²) in [5.74, 6) is 0.592. The number of fused-ring (bicyclic) bond motifs is 7. The zero-order valence-electron chi connectivity index (χ0n) is 22.2. The second-order valence-electron chi connectivity index (χ2n) is 15.0. The van der Waals surface area contributed by atoms with E-state index in [9.17, 15) is 14.4 Å². The van der Waals surface area contributed by atoms with Crippen LogP contribution in [0.4, 0.5) is 0 Å². The number of ketones is 2. The first-order valence-corrected chi connectivity index (χ1v) is 13.7. The van der Waals surface area contributed by atoms with Crippen molar-refractivity contribution < 1.29 is 14.4 Å². The summed E-state index contributed by atoms with van der Waals surface area (Å²) in [7, 11) is 0. The Morgan fingerprint density at radius 3 is 2.03 bits per heavy atom. The Kier molecular flexibility index (Phi) is 4.90. The second kappa shape index (κ2) is 6.82. The molecule has 184 valence electrons. The summed E-state index contributed by atoms with van der Waals surface area (Å²) in [5.41, 5.74) is 0.315. The van der Waals surface area contributed by atoms with Crippen molar-refractivity contribution >= 4 is 17.9 Å². The fourth-order valence-electron chi connectivity index (χ4n) is 10.9. The van der Waals surface area contributed by atoms with E-state index in [0.717, 1.165) is 31.5 Å². The highest BCUT2D eigenvalue weighted by Crippen LogP contribution is 2.77. The van der Waals surface area contributed by atoms with Gasteiger partial charge in [-0.25, -0.2) is 0 Å². The van der Waals surface area contributed by atoms with Crippen molar-refractivity contribution in [3.8, 4) is 0 Å². The van der Waals surface area contributed by atoms with E-state index in [2.05, 4.69) is 41.5 Å². The van der Waals surface area contributed by atoms with Crippen LogP contribution in [0.15, 0.2) is 0 Å². The summed E-state index contributed by atoms with van der Waals surface area (Å²) in [6.07, 6.45) is 11.4. The van der Waals surface area contributed by atoms with E-state index in [-0.39, 0.29) is 46.1 Å². The van der Waals surface area contributed by atoms with Gasteiger partial charge in [0.25, 0.3) is 0 Å². The largest absolute Gasteiger partial charge is 0.303 e. The van der Waals surface area contributed by atoms with E-state index in [1.807, 2.05) is 6.92 Å². The lowest BCUT2D eigenvalue weighted by Gasteiger charge is -2.74. The molecule has 3 nitrogen and oxygen atoms in total. The summed E-state index contributed by atoms with van der Waals surface area (Å²) in [5, 5.41) is 0. The van der Waals surface area contributed by atoms with Gasteiger partial charge in [-0.1, -0.05) is 48.5 Å². The number of carbonyl (C=O) groups excluding carboxylic acids is 3. The van der Waals surface area contributed by atoms with E-state index in [1.54, 1.807) is 0 Å². The van der Waals surface area contributed by atoms with Crippen molar-refractivity contribution in [2.75, 3.05) is 0 Å². The van der Waals surface area contributed by atoms with Gasteiger partial charge in [0.1, 0.15) is 17.9 Å². The Morgan fingerprint density at radius 2 is 1.36 bits per heavy atom. The quantitative estimate of drug-likeness (QED) is 0.323. The molecule has 33 heavy (non-hydrogen) atoms. The minimum Gasteiger partial charge on any atom is -0.303 e. The smallest absolute Gasteiger partial charge is 0.144 e. The van der Waals surface area contributed by atoms with Gasteiger partial charge >= 0.3 is 0 Å². The Balaban J connectivity index is 1.59. The number of carbonyl (C=O) groups is 3. The van der Waals surface area contributed by atoms with Crippen LogP contribution in [0.5, 0.6) is 0 Å². The van der Waals surface area contributed by atoms with Crippen molar-refractivity contribution in [2.24, 2.45) is 56.2 Å². The van der Waals surface area contributed by atoms with Gasteiger partial charge in [0.15, 0.2) is 0 Å². The van der Waals surface area contributed by atoms with Crippen LogP contribution < -0.4 is 0 Å². The molecule has 5 fully saturated rings. The minimum atomic E-state index is -0.780. The molecule has 0 N–H and O–H groups in total. The molecule has 5 rings (SSSR count). The van der Waals surface area contributed by atoms with Crippen molar-refractivity contribution in [1.82, 2.24) is 0 Å². The molecule has 0 unspecified atom stereocenters. The predicted molar refractivity (Wildman–Crippen MR) is 131 cm³/mol. The topological polar surface area (TPSA) is 51.2 Å². The van der Waals surface area contributed by atoms with Gasteiger partial charge in [0.2, 0.25) is 0 Å². The SMILES string of the molecule is C[C@H]1C(=O)CC(=O)[C@@H]2[C@]3(C)CC[C@@]4(C)[C@@H]5CC(C)(C)CC[C@]5(C)CC[C@]4(C)[C@H]3CC[C@@]21C=O. The average Bonchev–Trinajstić information content (AvgIpc) is 2.74. The van der Waals surface area contributed by atoms with Crippen LogP contribution in [0.2, 0.25) is 0 Å². The molecular weight excluding hydrogens is 408 g/mol. The van der Waals surface area contributed by atoms with E-state index in [0.29, 0.717) is 23.2 Å². The first kappa shape index (κ1) is 23.7. The van der Waals surface area contributed by atoms with Gasteiger partial charge in [0, 0.05) is 17.3 Å². The molecule has 0 aromatic heterocycles. The van der Waals surface area contributed by atoms with E-state index < -0.39 is 5.41 Å². The lowest BCUT2D eigenvalue weighted by Crippen LogP contribution is -2.69. The van der Waals surface area contributed by atoms with Crippen molar-refractivity contribution in [3.05, 3.63) is 0 Å². The molecule has 3 heteroatoms. The first-order chi connectivity index (χ1) is 15.2. The van der Waals surface area contributed by atoms with E-state index >= 15 is 0 Å². The number of rotatable bonds is 1. The van der Waals surface area contributed by atoms with Crippen LogP contribution in [0.1, 0.15) is 113 Å². The monoisotopic (exact) mass is 454 g/mol. The third-order valence-electron chi connectivity index (χ3n) is 13.3.